The molecule has 11 heavy (non-hydrogen) atoms. The van der Waals surface area contributed by atoms with Gasteiger partial charge in [0.1, 0.15) is 0 Å². The lowest BCUT2D eigenvalue weighted by Gasteiger charge is -2.18. The van der Waals surface area contributed by atoms with E-state index in [2.05, 4.69) is 25.8 Å². The maximum Gasteiger partial charge on any atom is 0.000661 e. The molecule has 1 saturated heterocycles. The van der Waals surface area contributed by atoms with E-state index in [4.69, 9.17) is 0 Å². The summed E-state index contributed by atoms with van der Waals surface area (Å²) in [5.41, 5.74) is 0. The molecular weight excluding hydrogens is 134 g/mol. The van der Waals surface area contributed by atoms with Crippen LogP contribution >= 0.6 is 0 Å². The van der Waals surface area contributed by atoms with Gasteiger partial charge in [0.15, 0.2) is 0 Å². The molecule has 0 spiro atoms. The topological polar surface area (TPSA) is 3.24 Å². The molecule has 66 valence electrons. The van der Waals surface area contributed by atoms with Crippen LogP contribution in [0.2, 0.25) is 0 Å². The van der Waals surface area contributed by atoms with Crippen molar-refractivity contribution >= 4 is 0 Å². The lowest BCUT2D eigenvalue weighted by atomic mass is 9.93. The van der Waals surface area contributed by atoms with Crippen LogP contribution in [0.25, 0.3) is 0 Å². The van der Waals surface area contributed by atoms with Gasteiger partial charge in [-0.25, -0.2) is 0 Å². The molecular formula is C10H21N. The first kappa shape index (κ1) is 9.05. The van der Waals surface area contributed by atoms with E-state index >= 15 is 0 Å². The van der Waals surface area contributed by atoms with Crippen LogP contribution in [0.5, 0.6) is 0 Å². The minimum Gasteiger partial charge on any atom is -0.306 e. The third-order valence-corrected chi connectivity index (χ3v) is 2.89. The number of nitrogens with zero attached hydrogens (tertiary/aromatic N) is 1. The van der Waals surface area contributed by atoms with Gasteiger partial charge in [0.25, 0.3) is 0 Å². The van der Waals surface area contributed by atoms with Crippen LogP contribution in [-0.2, 0) is 0 Å². The van der Waals surface area contributed by atoms with Crippen LogP contribution in [0.1, 0.15) is 33.1 Å². The summed E-state index contributed by atoms with van der Waals surface area (Å²) in [4.78, 5) is 2.48. The normalized spacial score (nSPS) is 35.2. The van der Waals surface area contributed by atoms with E-state index in [0.717, 1.165) is 11.8 Å². The fourth-order valence-corrected chi connectivity index (χ4v) is 2.03. The summed E-state index contributed by atoms with van der Waals surface area (Å²) in [6, 6.07) is 0. The summed E-state index contributed by atoms with van der Waals surface area (Å²) in [6.07, 6.45) is 4.20. The lowest BCUT2D eigenvalue weighted by Crippen LogP contribution is -2.23. The fourth-order valence-electron chi connectivity index (χ4n) is 2.03. The van der Waals surface area contributed by atoms with Gasteiger partial charge in [-0.2, -0.15) is 0 Å². The van der Waals surface area contributed by atoms with Gasteiger partial charge in [0, 0.05) is 6.54 Å². The molecule has 1 nitrogen and oxygen atoms in total. The quantitative estimate of drug-likeness (QED) is 0.562. The Morgan fingerprint density at radius 3 is 2.82 bits per heavy atom. The smallest absolute Gasteiger partial charge is 0.000661 e. The summed E-state index contributed by atoms with van der Waals surface area (Å²) >= 11 is 0. The molecule has 0 aliphatic carbocycles. The van der Waals surface area contributed by atoms with Gasteiger partial charge in [-0.3, -0.25) is 0 Å². The van der Waals surface area contributed by atoms with Gasteiger partial charge in [-0.1, -0.05) is 20.3 Å². The highest BCUT2D eigenvalue weighted by molar-refractivity contribution is 4.71. The second kappa shape index (κ2) is 4.10. The number of hydrogen-bond acceptors (Lipinski definition) is 1. The molecule has 0 N–H and O–H groups in total. The average molecular weight is 155 g/mol. The first-order chi connectivity index (χ1) is 5.22. The summed E-state index contributed by atoms with van der Waals surface area (Å²) in [6.45, 7) is 7.33. The number of rotatable bonds is 1. The van der Waals surface area contributed by atoms with E-state index in [-0.39, 0.29) is 0 Å². The van der Waals surface area contributed by atoms with E-state index in [1.54, 1.807) is 0 Å². The third-order valence-electron chi connectivity index (χ3n) is 2.89. The molecule has 1 aliphatic heterocycles. The number of hydrogen-bond donors (Lipinski definition) is 0. The molecule has 2 atom stereocenters. The Morgan fingerprint density at radius 2 is 2.18 bits per heavy atom. The van der Waals surface area contributed by atoms with Crippen LogP contribution < -0.4 is 0 Å². The highest BCUT2D eigenvalue weighted by Gasteiger charge is 2.17. The van der Waals surface area contributed by atoms with Crippen molar-refractivity contribution in [3.05, 3.63) is 0 Å². The van der Waals surface area contributed by atoms with Crippen molar-refractivity contribution in [2.75, 3.05) is 20.1 Å². The van der Waals surface area contributed by atoms with Gasteiger partial charge in [-0.05, 0) is 38.3 Å². The van der Waals surface area contributed by atoms with Gasteiger partial charge in [-0.15, -0.1) is 0 Å². The predicted molar refractivity (Wildman–Crippen MR) is 49.7 cm³/mol. The van der Waals surface area contributed by atoms with E-state index < -0.39 is 0 Å². The molecule has 0 aromatic rings. The van der Waals surface area contributed by atoms with Crippen molar-refractivity contribution < 1.29 is 0 Å². The van der Waals surface area contributed by atoms with Crippen LogP contribution in [0.3, 0.4) is 0 Å². The Bertz CT molecular complexity index is 99.4. The van der Waals surface area contributed by atoms with Crippen LogP contribution in [0.4, 0.5) is 0 Å². The third kappa shape index (κ3) is 2.82. The minimum atomic E-state index is 0.949. The van der Waals surface area contributed by atoms with Crippen molar-refractivity contribution in [1.82, 2.24) is 4.90 Å². The van der Waals surface area contributed by atoms with Gasteiger partial charge < -0.3 is 4.90 Å². The largest absolute Gasteiger partial charge is 0.306 e. The molecule has 0 aromatic heterocycles. The Hall–Kier alpha value is -0.0400. The first-order valence-corrected chi connectivity index (χ1v) is 4.91. The highest BCUT2D eigenvalue weighted by Crippen LogP contribution is 2.22. The molecule has 0 saturated carbocycles. The molecule has 1 fully saturated rings. The van der Waals surface area contributed by atoms with Crippen LogP contribution in [0, 0.1) is 11.8 Å². The van der Waals surface area contributed by atoms with Crippen molar-refractivity contribution in [1.29, 1.82) is 0 Å². The van der Waals surface area contributed by atoms with E-state index in [1.165, 1.54) is 32.4 Å². The van der Waals surface area contributed by atoms with Crippen molar-refractivity contribution in [3.8, 4) is 0 Å². The Morgan fingerprint density at radius 1 is 1.45 bits per heavy atom. The van der Waals surface area contributed by atoms with Gasteiger partial charge >= 0.3 is 0 Å². The molecule has 1 heteroatoms. The fraction of sp³-hybridized carbons (Fsp3) is 1.00. The minimum absolute atomic E-state index is 0.949. The maximum absolute atomic E-state index is 2.48. The van der Waals surface area contributed by atoms with E-state index in [0.29, 0.717) is 0 Å². The monoisotopic (exact) mass is 155 g/mol. The molecule has 0 amide bonds. The molecule has 0 aromatic carbocycles. The van der Waals surface area contributed by atoms with Crippen molar-refractivity contribution in [3.63, 3.8) is 0 Å². The van der Waals surface area contributed by atoms with Gasteiger partial charge in [0.2, 0.25) is 0 Å². The summed E-state index contributed by atoms with van der Waals surface area (Å²) < 4.78 is 0. The maximum atomic E-state index is 2.48. The zero-order valence-corrected chi connectivity index (χ0v) is 8.14. The van der Waals surface area contributed by atoms with Crippen molar-refractivity contribution in [2.45, 2.75) is 33.1 Å². The Kier molecular flexibility index (Phi) is 3.38. The molecule has 1 heterocycles. The van der Waals surface area contributed by atoms with E-state index in [1.807, 2.05) is 0 Å². The standard InChI is InChI=1S/C10H21N/c1-4-10-7-9(2)5-6-11(3)8-10/h9-10H,4-8H2,1-3H3. The summed E-state index contributed by atoms with van der Waals surface area (Å²) in [5, 5.41) is 0. The van der Waals surface area contributed by atoms with Crippen molar-refractivity contribution in [2.24, 2.45) is 11.8 Å². The zero-order chi connectivity index (χ0) is 8.27. The zero-order valence-electron chi connectivity index (χ0n) is 8.14. The molecule has 2 unspecified atom stereocenters. The lowest BCUT2D eigenvalue weighted by molar-refractivity contribution is 0.294. The molecule has 1 rings (SSSR count). The Labute approximate surface area is 70.8 Å². The molecule has 0 radical (unpaired) electrons. The van der Waals surface area contributed by atoms with E-state index in [9.17, 15) is 0 Å². The summed E-state index contributed by atoms with van der Waals surface area (Å²) in [7, 11) is 2.25. The summed E-state index contributed by atoms with van der Waals surface area (Å²) in [5.74, 6) is 1.90. The SMILES string of the molecule is CCC1CC(C)CCN(C)C1. The number of likely N-dealkylation sites (tertiary alicyclic amines) is 1. The second-order valence-corrected chi connectivity index (χ2v) is 4.17. The average Bonchev–Trinajstić information content (AvgIpc) is 2.13. The second-order valence-electron chi connectivity index (χ2n) is 4.17. The Balaban J connectivity index is 2.41. The van der Waals surface area contributed by atoms with Gasteiger partial charge in [0.05, 0.1) is 0 Å². The highest BCUT2D eigenvalue weighted by atomic mass is 15.1. The van der Waals surface area contributed by atoms with Crippen LogP contribution in [-0.4, -0.2) is 25.0 Å². The van der Waals surface area contributed by atoms with Crippen LogP contribution in [0.15, 0.2) is 0 Å². The predicted octanol–water partition coefficient (Wildman–Crippen LogP) is 2.37. The molecule has 0 bridgehead atoms. The first-order valence-electron chi connectivity index (χ1n) is 4.91. The molecule has 1 aliphatic rings.